The molecular weight excluding hydrogens is 345 g/mol. The Labute approximate surface area is 151 Å². The highest BCUT2D eigenvalue weighted by Gasteiger charge is 2.42. The molecule has 26 heavy (non-hydrogen) atoms. The van der Waals surface area contributed by atoms with Gasteiger partial charge in [-0.05, 0) is 31.5 Å². The molecule has 0 aliphatic carbocycles. The van der Waals surface area contributed by atoms with Crippen molar-refractivity contribution < 1.29 is 18.0 Å². The number of carbonyl (C=O) groups is 1. The molecule has 1 aromatic carbocycles. The van der Waals surface area contributed by atoms with Crippen molar-refractivity contribution in [2.45, 2.75) is 50.5 Å². The molecule has 4 N–H and O–H groups in total. The first-order valence-corrected chi connectivity index (χ1v) is 8.97. The van der Waals surface area contributed by atoms with Gasteiger partial charge in [-0.2, -0.15) is 13.2 Å². The van der Waals surface area contributed by atoms with Gasteiger partial charge in [0.2, 0.25) is 5.91 Å². The van der Waals surface area contributed by atoms with Gasteiger partial charge in [0.1, 0.15) is 6.04 Å². The van der Waals surface area contributed by atoms with Gasteiger partial charge in [-0.3, -0.25) is 10.2 Å². The van der Waals surface area contributed by atoms with Crippen LogP contribution in [0.15, 0.2) is 24.3 Å². The zero-order chi connectivity index (χ0) is 18.9. The van der Waals surface area contributed by atoms with Crippen LogP contribution in [0.3, 0.4) is 0 Å². The van der Waals surface area contributed by atoms with Crippen LogP contribution in [0, 0.1) is 5.92 Å². The van der Waals surface area contributed by atoms with Crippen LogP contribution in [0.4, 0.5) is 13.2 Å². The normalized spacial score (nSPS) is 28.3. The van der Waals surface area contributed by atoms with Crippen molar-refractivity contribution in [3.8, 4) is 0 Å². The van der Waals surface area contributed by atoms with Crippen LogP contribution in [0.2, 0.25) is 0 Å². The van der Waals surface area contributed by atoms with E-state index in [1.165, 1.54) is 12.1 Å². The summed E-state index contributed by atoms with van der Waals surface area (Å²) in [6.45, 7) is 5.10. The maximum Gasteiger partial charge on any atom is 0.416 e. The summed E-state index contributed by atoms with van der Waals surface area (Å²) in [4.78, 5) is 12.7. The first-order chi connectivity index (χ1) is 12.3. The van der Waals surface area contributed by atoms with Crippen LogP contribution >= 0.6 is 0 Å². The number of hydrazine groups is 1. The predicted molar refractivity (Wildman–Crippen MR) is 92.3 cm³/mol. The molecule has 3 rings (SSSR count). The number of fused-ring (bicyclic) bond motifs is 1. The minimum absolute atomic E-state index is 0.133. The molecule has 2 saturated heterocycles. The van der Waals surface area contributed by atoms with E-state index in [1.54, 1.807) is 19.9 Å². The summed E-state index contributed by atoms with van der Waals surface area (Å²) < 4.78 is 39.8. The number of hydrogen-bond donors (Lipinski definition) is 4. The highest BCUT2D eigenvalue weighted by Crippen LogP contribution is 2.36. The van der Waals surface area contributed by atoms with Crippen molar-refractivity contribution >= 4 is 5.91 Å². The third-order valence-corrected chi connectivity index (χ3v) is 5.54. The molecule has 1 amide bonds. The molecule has 0 saturated carbocycles. The summed E-state index contributed by atoms with van der Waals surface area (Å²) in [5.74, 6) is -0.516. The number of amides is 1. The maximum absolute atomic E-state index is 13.3. The van der Waals surface area contributed by atoms with Gasteiger partial charge in [0.05, 0.1) is 5.56 Å². The molecule has 0 aromatic heterocycles. The van der Waals surface area contributed by atoms with E-state index in [9.17, 15) is 18.0 Å². The van der Waals surface area contributed by atoms with E-state index in [-0.39, 0.29) is 29.5 Å². The van der Waals surface area contributed by atoms with Gasteiger partial charge in [-0.15, -0.1) is 0 Å². The summed E-state index contributed by atoms with van der Waals surface area (Å²) in [5.41, 5.74) is 5.74. The van der Waals surface area contributed by atoms with Gasteiger partial charge in [-0.25, -0.2) is 5.43 Å². The lowest BCUT2D eigenvalue weighted by Crippen LogP contribution is -2.51. The van der Waals surface area contributed by atoms with Crippen LogP contribution in [0.5, 0.6) is 0 Å². The molecule has 5 unspecified atom stereocenters. The van der Waals surface area contributed by atoms with Gasteiger partial charge >= 0.3 is 6.18 Å². The SMILES string of the molecule is CC(NC(=O)C1NNC2CCNCC21)C(C)c1ccccc1C(F)(F)F. The zero-order valence-electron chi connectivity index (χ0n) is 14.9. The fraction of sp³-hybridized carbons (Fsp3) is 0.611. The van der Waals surface area contributed by atoms with Crippen molar-refractivity contribution in [1.29, 1.82) is 0 Å². The van der Waals surface area contributed by atoms with E-state index in [2.05, 4.69) is 21.5 Å². The van der Waals surface area contributed by atoms with E-state index in [0.717, 1.165) is 25.6 Å². The van der Waals surface area contributed by atoms with E-state index < -0.39 is 23.7 Å². The summed E-state index contributed by atoms with van der Waals surface area (Å²) in [6.07, 6.45) is -3.47. The number of alkyl halides is 3. The maximum atomic E-state index is 13.3. The largest absolute Gasteiger partial charge is 0.416 e. The van der Waals surface area contributed by atoms with Crippen molar-refractivity contribution in [3.63, 3.8) is 0 Å². The molecule has 1 aromatic rings. The number of piperidine rings is 1. The van der Waals surface area contributed by atoms with Crippen molar-refractivity contribution in [3.05, 3.63) is 35.4 Å². The first kappa shape index (κ1) is 19.1. The second kappa shape index (κ2) is 7.54. The van der Waals surface area contributed by atoms with Crippen LogP contribution in [-0.2, 0) is 11.0 Å². The standard InChI is InChI=1S/C18H25F3N4O/c1-10(12-5-3-4-6-14(12)18(19,20)21)11(2)23-17(26)16-13-9-22-8-7-15(13)24-25-16/h3-6,10-11,13,15-16,22,24-25H,7-9H2,1-2H3,(H,23,26). The quantitative estimate of drug-likeness (QED) is 0.652. The predicted octanol–water partition coefficient (Wildman–Crippen LogP) is 1.77. The molecule has 8 heteroatoms. The van der Waals surface area contributed by atoms with Crippen molar-refractivity contribution in [2.75, 3.05) is 13.1 Å². The van der Waals surface area contributed by atoms with Crippen molar-refractivity contribution in [1.82, 2.24) is 21.5 Å². The number of benzene rings is 1. The molecule has 144 valence electrons. The van der Waals surface area contributed by atoms with Gasteiger partial charge < -0.3 is 10.6 Å². The number of rotatable bonds is 4. The van der Waals surface area contributed by atoms with Gasteiger partial charge in [-0.1, -0.05) is 25.1 Å². The van der Waals surface area contributed by atoms with Gasteiger partial charge in [0, 0.05) is 30.5 Å². The summed E-state index contributed by atoms with van der Waals surface area (Å²) in [7, 11) is 0. The average molecular weight is 370 g/mol. The van der Waals surface area contributed by atoms with E-state index in [1.807, 2.05) is 0 Å². The smallest absolute Gasteiger partial charge is 0.352 e. The Morgan fingerprint density at radius 1 is 1.23 bits per heavy atom. The molecule has 2 aliphatic rings. The van der Waals surface area contributed by atoms with Crippen LogP contribution in [0.1, 0.15) is 37.3 Å². The highest BCUT2D eigenvalue weighted by molar-refractivity contribution is 5.83. The lowest BCUT2D eigenvalue weighted by Gasteiger charge is -2.29. The Morgan fingerprint density at radius 2 is 1.96 bits per heavy atom. The molecule has 2 aliphatic heterocycles. The van der Waals surface area contributed by atoms with Gasteiger partial charge in [0.15, 0.2) is 0 Å². The first-order valence-electron chi connectivity index (χ1n) is 8.97. The Kier molecular flexibility index (Phi) is 5.55. The second-order valence-electron chi connectivity index (χ2n) is 7.20. The van der Waals surface area contributed by atoms with Crippen LogP contribution < -0.4 is 21.5 Å². The monoisotopic (exact) mass is 370 g/mol. The lowest BCUT2D eigenvalue weighted by molar-refractivity contribution is -0.138. The second-order valence-corrected chi connectivity index (χ2v) is 7.20. The highest BCUT2D eigenvalue weighted by atomic mass is 19.4. The van der Waals surface area contributed by atoms with Gasteiger partial charge in [0.25, 0.3) is 0 Å². The van der Waals surface area contributed by atoms with Crippen molar-refractivity contribution in [2.24, 2.45) is 5.92 Å². The Bertz CT molecular complexity index is 652. The Morgan fingerprint density at radius 3 is 2.69 bits per heavy atom. The molecule has 0 bridgehead atoms. The van der Waals surface area contributed by atoms with Crippen LogP contribution in [-0.4, -0.2) is 37.1 Å². The molecule has 2 fully saturated rings. The minimum atomic E-state index is -4.41. The van der Waals surface area contributed by atoms with E-state index in [4.69, 9.17) is 0 Å². The Balaban J connectivity index is 1.68. The molecule has 5 nitrogen and oxygen atoms in total. The minimum Gasteiger partial charge on any atom is -0.352 e. The number of hydrogen-bond acceptors (Lipinski definition) is 4. The average Bonchev–Trinajstić information content (AvgIpc) is 3.04. The Hall–Kier alpha value is -1.64. The molecule has 2 heterocycles. The third kappa shape index (κ3) is 3.87. The molecule has 0 radical (unpaired) electrons. The van der Waals surface area contributed by atoms with Crippen LogP contribution in [0.25, 0.3) is 0 Å². The number of nitrogens with one attached hydrogen (secondary N) is 4. The van der Waals surface area contributed by atoms with E-state index in [0.29, 0.717) is 0 Å². The molecular formula is C18H25F3N4O. The fourth-order valence-corrected chi connectivity index (χ4v) is 3.84. The number of carbonyl (C=O) groups excluding carboxylic acids is 1. The summed E-state index contributed by atoms with van der Waals surface area (Å²) in [6, 6.07) is 4.96. The zero-order valence-corrected chi connectivity index (χ0v) is 14.9. The lowest BCUT2D eigenvalue weighted by atomic mass is 9.87. The van der Waals surface area contributed by atoms with E-state index >= 15 is 0 Å². The molecule has 5 atom stereocenters. The third-order valence-electron chi connectivity index (χ3n) is 5.54. The summed E-state index contributed by atoms with van der Waals surface area (Å²) in [5, 5.41) is 6.18. The summed E-state index contributed by atoms with van der Waals surface area (Å²) >= 11 is 0. The topological polar surface area (TPSA) is 65.2 Å². The fourth-order valence-electron chi connectivity index (χ4n) is 3.84. The molecule has 0 spiro atoms. The number of halogens is 3.